The van der Waals surface area contributed by atoms with Crippen LogP contribution in [0.25, 0.3) is 22.0 Å². The molecule has 0 saturated heterocycles. The number of H-pyrrole nitrogens is 1. The van der Waals surface area contributed by atoms with E-state index in [1.54, 1.807) is 29.4 Å². The number of rotatable bonds is 8. The summed E-state index contributed by atoms with van der Waals surface area (Å²) in [6.45, 7) is 9.73. The van der Waals surface area contributed by atoms with Crippen LogP contribution in [0.5, 0.6) is 0 Å². The summed E-state index contributed by atoms with van der Waals surface area (Å²) in [4.78, 5) is 26.0. The molecule has 0 fully saturated rings. The lowest BCUT2D eigenvalue weighted by molar-refractivity contribution is 0.0811. The van der Waals surface area contributed by atoms with Gasteiger partial charge in [-0.15, -0.1) is 0 Å². The van der Waals surface area contributed by atoms with E-state index in [2.05, 4.69) is 44.8 Å². The number of aromatic amines is 1. The van der Waals surface area contributed by atoms with Crippen LogP contribution in [0.3, 0.4) is 0 Å². The van der Waals surface area contributed by atoms with E-state index in [4.69, 9.17) is 4.74 Å². The highest BCUT2D eigenvalue weighted by molar-refractivity contribution is 6.76. The number of ketones is 1. The molecule has 4 aromatic rings. The number of nitrogens with zero attached hydrogens (tertiary/aromatic N) is 5. The summed E-state index contributed by atoms with van der Waals surface area (Å²) in [6, 6.07) is 6.86. The molecule has 0 unspecified atom stereocenters. The Morgan fingerprint density at radius 1 is 1.13 bits per heavy atom. The summed E-state index contributed by atoms with van der Waals surface area (Å²) in [6.07, 6.45) is 6.91. The average Bonchev–Trinajstić information content (AvgIpc) is 3.37. The fourth-order valence-electron chi connectivity index (χ4n) is 3.18. The number of hydrogen-bond donors (Lipinski definition) is 1. The van der Waals surface area contributed by atoms with Gasteiger partial charge in [0.05, 0.1) is 5.52 Å². The second-order valence-electron chi connectivity index (χ2n) is 8.75. The van der Waals surface area contributed by atoms with Gasteiger partial charge >= 0.3 is 0 Å². The Morgan fingerprint density at radius 3 is 2.65 bits per heavy atom. The third-order valence-electron chi connectivity index (χ3n) is 5.04. The van der Waals surface area contributed by atoms with Crippen molar-refractivity contribution in [3.05, 3.63) is 60.3 Å². The lowest BCUT2D eigenvalue weighted by Gasteiger charge is -2.15. The van der Waals surface area contributed by atoms with Gasteiger partial charge in [0.25, 0.3) is 0 Å². The minimum absolute atomic E-state index is 0.248. The Hall–Kier alpha value is -3.17. The van der Waals surface area contributed by atoms with E-state index < -0.39 is 8.07 Å². The topological polar surface area (TPSA) is 98.6 Å². The number of nitrogens with one attached hydrogen (secondary N) is 1. The van der Waals surface area contributed by atoms with E-state index in [1.807, 2.05) is 25.1 Å². The zero-order valence-corrected chi connectivity index (χ0v) is 19.2. The predicted molar refractivity (Wildman–Crippen MR) is 122 cm³/mol. The highest BCUT2D eigenvalue weighted by Gasteiger charge is 2.21. The first-order valence-corrected chi connectivity index (χ1v) is 13.9. The van der Waals surface area contributed by atoms with Crippen molar-refractivity contribution in [2.24, 2.45) is 0 Å². The fourth-order valence-corrected chi connectivity index (χ4v) is 3.93. The Labute approximate surface area is 181 Å². The molecular formula is C22H26N6O2Si. The number of fused-ring (bicyclic) bond motifs is 1. The van der Waals surface area contributed by atoms with Crippen LogP contribution in [0.15, 0.2) is 43.0 Å². The molecule has 31 heavy (non-hydrogen) atoms. The number of benzene rings is 1. The molecule has 1 N–H and O–H groups in total. The Morgan fingerprint density at radius 2 is 1.90 bits per heavy atom. The van der Waals surface area contributed by atoms with Gasteiger partial charge in [-0.3, -0.25) is 9.89 Å². The number of ether oxygens (including phenoxy) is 1. The minimum atomic E-state index is -1.17. The maximum atomic E-state index is 13.2. The van der Waals surface area contributed by atoms with Crippen molar-refractivity contribution in [2.45, 2.75) is 39.3 Å². The number of imidazole rings is 1. The standard InChI is InChI=1S/C22H26N6O2Si/c1-15-24-12-17(13-25-15)16-5-6-19-18(11-16)20(27-26-19)21(29)22-23-7-8-28(22)14-30-9-10-31(2,3)4/h5-8,11-13H,9-10,14H2,1-4H3,(H,26,27). The molecule has 3 heterocycles. The van der Waals surface area contributed by atoms with Crippen LogP contribution in [0.2, 0.25) is 25.7 Å². The second kappa shape index (κ2) is 8.52. The van der Waals surface area contributed by atoms with Crippen LogP contribution in [-0.2, 0) is 11.5 Å². The van der Waals surface area contributed by atoms with Gasteiger partial charge in [-0.25, -0.2) is 15.0 Å². The summed E-state index contributed by atoms with van der Waals surface area (Å²) in [5.41, 5.74) is 2.91. The van der Waals surface area contributed by atoms with Gasteiger partial charge in [0, 0.05) is 50.4 Å². The molecule has 0 aliphatic carbocycles. The summed E-state index contributed by atoms with van der Waals surface area (Å²) < 4.78 is 7.53. The normalized spacial score (nSPS) is 11.9. The van der Waals surface area contributed by atoms with Crippen molar-refractivity contribution in [1.29, 1.82) is 0 Å². The van der Waals surface area contributed by atoms with Gasteiger partial charge in [0.1, 0.15) is 18.2 Å². The summed E-state index contributed by atoms with van der Waals surface area (Å²) in [7, 11) is -1.17. The van der Waals surface area contributed by atoms with Crippen LogP contribution >= 0.6 is 0 Å². The number of carbonyl (C=O) groups excluding carboxylic acids is 1. The molecule has 9 heteroatoms. The van der Waals surface area contributed by atoms with Crippen molar-refractivity contribution in [1.82, 2.24) is 29.7 Å². The van der Waals surface area contributed by atoms with Gasteiger partial charge in [-0.05, 0) is 30.7 Å². The van der Waals surface area contributed by atoms with Crippen LogP contribution in [0.4, 0.5) is 0 Å². The molecular weight excluding hydrogens is 408 g/mol. The molecule has 0 atom stereocenters. The first kappa shape index (κ1) is 21.1. The van der Waals surface area contributed by atoms with Crippen molar-refractivity contribution in [2.75, 3.05) is 6.61 Å². The lowest BCUT2D eigenvalue weighted by Crippen LogP contribution is -2.22. The molecule has 3 aromatic heterocycles. The Balaban J connectivity index is 1.58. The van der Waals surface area contributed by atoms with E-state index in [9.17, 15) is 4.79 Å². The van der Waals surface area contributed by atoms with Crippen molar-refractivity contribution >= 4 is 24.8 Å². The van der Waals surface area contributed by atoms with E-state index >= 15 is 0 Å². The maximum absolute atomic E-state index is 13.2. The monoisotopic (exact) mass is 434 g/mol. The highest BCUT2D eigenvalue weighted by Crippen LogP contribution is 2.25. The fraction of sp³-hybridized carbons (Fsp3) is 0.318. The second-order valence-corrected chi connectivity index (χ2v) is 14.4. The van der Waals surface area contributed by atoms with Crippen LogP contribution in [0, 0.1) is 6.92 Å². The van der Waals surface area contributed by atoms with Crippen LogP contribution in [-0.4, -0.2) is 50.2 Å². The molecule has 0 spiro atoms. The zero-order valence-electron chi connectivity index (χ0n) is 18.2. The molecule has 0 radical (unpaired) electrons. The van der Waals surface area contributed by atoms with Crippen molar-refractivity contribution in [3.8, 4) is 11.1 Å². The van der Waals surface area contributed by atoms with Gasteiger partial charge in [-0.1, -0.05) is 25.7 Å². The SMILES string of the molecule is Cc1ncc(-c2ccc3[nH]nc(C(=O)c4nccn4COCC[Si](C)(C)C)c3c2)cn1. The lowest BCUT2D eigenvalue weighted by atomic mass is 10.0. The van der Waals surface area contributed by atoms with Gasteiger partial charge in [0.15, 0.2) is 5.82 Å². The summed E-state index contributed by atoms with van der Waals surface area (Å²) in [5, 5.41) is 7.95. The van der Waals surface area contributed by atoms with Crippen molar-refractivity contribution in [3.63, 3.8) is 0 Å². The number of aromatic nitrogens is 6. The summed E-state index contributed by atoms with van der Waals surface area (Å²) in [5.74, 6) is 0.774. The number of hydrogen-bond acceptors (Lipinski definition) is 6. The smallest absolute Gasteiger partial charge is 0.249 e. The van der Waals surface area contributed by atoms with Crippen LogP contribution < -0.4 is 0 Å². The third-order valence-corrected chi connectivity index (χ3v) is 6.74. The zero-order chi connectivity index (χ0) is 22.0. The molecule has 0 bridgehead atoms. The van der Waals surface area contributed by atoms with Gasteiger partial charge in [0.2, 0.25) is 5.78 Å². The Kier molecular flexibility index (Phi) is 5.79. The number of carbonyl (C=O) groups is 1. The molecule has 0 aliphatic rings. The van der Waals surface area contributed by atoms with Gasteiger partial charge in [-0.2, -0.15) is 5.10 Å². The number of aryl methyl sites for hydroxylation is 1. The molecule has 0 aliphatic heterocycles. The largest absolute Gasteiger partial charge is 0.361 e. The molecule has 1 aromatic carbocycles. The Bertz CT molecular complexity index is 1210. The highest BCUT2D eigenvalue weighted by atomic mass is 28.3. The van der Waals surface area contributed by atoms with Gasteiger partial charge < -0.3 is 9.30 Å². The third kappa shape index (κ3) is 4.78. The van der Waals surface area contributed by atoms with E-state index in [1.165, 1.54) is 0 Å². The molecule has 8 nitrogen and oxygen atoms in total. The quantitative estimate of drug-likeness (QED) is 0.255. The van der Waals surface area contributed by atoms with Crippen molar-refractivity contribution < 1.29 is 9.53 Å². The molecule has 160 valence electrons. The van der Waals surface area contributed by atoms with E-state index in [0.29, 0.717) is 30.7 Å². The van der Waals surface area contributed by atoms with E-state index in [-0.39, 0.29) is 5.78 Å². The van der Waals surface area contributed by atoms with E-state index in [0.717, 1.165) is 28.1 Å². The molecule has 4 rings (SSSR count). The minimum Gasteiger partial charge on any atom is -0.361 e. The summed E-state index contributed by atoms with van der Waals surface area (Å²) >= 11 is 0. The maximum Gasteiger partial charge on any atom is 0.249 e. The first-order chi connectivity index (χ1) is 14.8. The molecule has 0 amide bonds. The molecule has 0 saturated carbocycles. The predicted octanol–water partition coefficient (Wildman–Crippen LogP) is 4.07. The first-order valence-electron chi connectivity index (χ1n) is 10.2. The average molecular weight is 435 g/mol. The van der Waals surface area contributed by atoms with Crippen LogP contribution in [0.1, 0.15) is 22.1 Å².